The Bertz CT molecular complexity index is 756. The molecule has 0 aliphatic carbocycles. The lowest BCUT2D eigenvalue weighted by Gasteiger charge is -2.34. The second-order valence-electron chi connectivity index (χ2n) is 7.14. The lowest BCUT2D eigenvalue weighted by Crippen LogP contribution is -2.49. The second-order valence-corrected chi connectivity index (χ2v) is 9.35. The van der Waals surface area contributed by atoms with E-state index in [9.17, 15) is 13.2 Å². The Balaban J connectivity index is 1.53. The Morgan fingerprint density at radius 2 is 1.93 bits per heavy atom. The predicted octanol–water partition coefficient (Wildman–Crippen LogP) is 1.75. The summed E-state index contributed by atoms with van der Waals surface area (Å²) in [5, 5.41) is 2.60. The number of amides is 2. The van der Waals surface area contributed by atoms with Crippen LogP contribution in [0, 0.1) is 0 Å². The molecule has 2 aliphatic rings. The second kappa shape index (κ2) is 8.43. The third-order valence-electron chi connectivity index (χ3n) is 5.38. The molecule has 0 spiro atoms. The number of urea groups is 1. The molecule has 1 aromatic heterocycles. The van der Waals surface area contributed by atoms with Gasteiger partial charge in [-0.2, -0.15) is 0 Å². The zero-order valence-corrected chi connectivity index (χ0v) is 16.7. The van der Waals surface area contributed by atoms with E-state index in [2.05, 4.69) is 10.3 Å². The molecule has 1 atom stereocenters. The van der Waals surface area contributed by atoms with Crippen molar-refractivity contribution in [2.75, 3.05) is 33.3 Å². The van der Waals surface area contributed by atoms with Crippen molar-refractivity contribution in [3.8, 4) is 5.88 Å². The maximum absolute atomic E-state index is 12.7. The molecule has 3 heterocycles. The molecule has 2 aliphatic heterocycles. The minimum absolute atomic E-state index is 0.171. The van der Waals surface area contributed by atoms with Crippen LogP contribution in [0.3, 0.4) is 0 Å². The van der Waals surface area contributed by atoms with Crippen molar-refractivity contribution in [2.24, 2.45) is 0 Å². The van der Waals surface area contributed by atoms with Gasteiger partial charge in [-0.3, -0.25) is 0 Å². The summed E-state index contributed by atoms with van der Waals surface area (Å²) in [7, 11) is -1.68. The van der Waals surface area contributed by atoms with E-state index in [1.54, 1.807) is 28.6 Å². The van der Waals surface area contributed by atoms with Crippen LogP contribution in [0.2, 0.25) is 0 Å². The highest BCUT2D eigenvalue weighted by atomic mass is 32.2. The van der Waals surface area contributed by atoms with E-state index in [0.29, 0.717) is 44.9 Å². The fourth-order valence-electron chi connectivity index (χ4n) is 3.68. The molecule has 1 aromatic rings. The molecular weight excluding hydrogens is 368 g/mol. The first-order valence-corrected chi connectivity index (χ1v) is 11.0. The molecule has 9 heteroatoms. The van der Waals surface area contributed by atoms with Crippen LogP contribution < -0.4 is 10.1 Å². The van der Waals surface area contributed by atoms with E-state index >= 15 is 0 Å². The van der Waals surface area contributed by atoms with Crippen molar-refractivity contribution < 1.29 is 17.9 Å². The average molecular weight is 397 g/mol. The van der Waals surface area contributed by atoms with Gasteiger partial charge < -0.3 is 15.0 Å². The Morgan fingerprint density at radius 1 is 1.26 bits per heavy atom. The van der Waals surface area contributed by atoms with Crippen molar-refractivity contribution in [1.29, 1.82) is 0 Å². The van der Waals surface area contributed by atoms with Gasteiger partial charge in [-0.15, -0.1) is 0 Å². The van der Waals surface area contributed by atoms with Crippen LogP contribution in [0.5, 0.6) is 5.88 Å². The largest absolute Gasteiger partial charge is 0.481 e. The van der Waals surface area contributed by atoms with Crippen LogP contribution in [-0.2, 0) is 10.0 Å². The fraction of sp³-hybridized carbons (Fsp3) is 0.667. The Hall–Kier alpha value is -1.87. The number of carbonyl (C=O) groups excluding carboxylic acids is 1. The van der Waals surface area contributed by atoms with Gasteiger partial charge in [0.25, 0.3) is 0 Å². The van der Waals surface area contributed by atoms with Gasteiger partial charge >= 0.3 is 6.03 Å². The number of carbonyl (C=O) groups is 1. The van der Waals surface area contributed by atoms with Crippen molar-refractivity contribution in [3.05, 3.63) is 23.9 Å². The molecule has 0 saturated carbocycles. The van der Waals surface area contributed by atoms with Crippen LogP contribution in [0.4, 0.5) is 4.79 Å². The van der Waals surface area contributed by atoms with E-state index in [-0.39, 0.29) is 17.3 Å². The minimum atomic E-state index is -3.23. The van der Waals surface area contributed by atoms with E-state index in [1.165, 1.54) is 0 Å². The highest BCUT2D eigenvalue weighted by Gasteiger charge is 2.36. The summed E-state index contributed by atoms with van der Waals surface area (Å²) in [6, 6.07) is 3.26. The van der Waals surface area contributed by atoms with Crippen molar-refractivity contribution >= 4 is 16.1 Å². The molecule has 27 heavy (non-hydrogen) atoms. The van der Waals surface area contributed by atoms with Crippen molar-refractivity contribution in [1.82, 2.24) is 19.5 Å². The van der Waals surface area contributed by atoms with E-state index in [4.69, 9.17) is 4.74 Å². The fourth-order valence-corrected chi connectivity index (χ4v) is 5.67. The van der Waals surface area contributed by atoms with Crippen LogP contribution in [0.25, 0.3) is 0 Å². The predicted molar refractivity (Wildman–Crippen MR) is 102 cm³/mol. The van der Waals surface area contributed by atoms with E-state index in [0.717, 1.165) is 18.4 Å². The summed E-state index contributed by atoms with van der Waals surface area (Å²) in [5.41, 5.74) is 0.904. The van der Waals surface area contributed by atoms with Gasteiger partial charge in [0.05, 0.1) is 18.4 Å². The minimum Gasteiger partial charge on any atom is -0.481 e. The van der Waals surface area contributed by atoms with Crippen molar-refractivity contribution in [2.45, 2.75) is 43.9 Å². The van der Waals surface area contributed by atoms with Gasteiger partial charge in [0.2, 0.25) is 15.9 Å². The first-order chi connectivity index (χ1) is 12.9. The third kappa shape index (κ3) is 4.52. The molecule has 1 unspecified atom stereocenters. The number of ether oxygens (including phenoxy) is 1. The lowest BCUT2D eigenvalue weighted by molar-refractivity contribution is 0.183. The maximum atomic E-state index is 12.7. The van der Waals surface area contributed by atoms with Gasteiger partial charge in [-0.05, 0) is 44.2 Å². The zero-order valence-electron chi connectivity index (χ0n) is 15.9. The number of rotatable bonds is 5. The number of methoxy groups -OCH3 is 1. The number of nitrogens with one attached hydrogen (secondary N) is 1. The number of sulfonamides is 1. The number of piperidine rings is 1. The Kier molecular flexibility index (Phi) is 6.21. The lowest BCUT2D eigenvalue weighted by atomic mass is 10.1. The van der Waals surface area contributed by atoms with Crippen LogP contribution in [-0.4, -0.2) is 67.2 Å². The van der Waals surface area contributed by atoms with Gasteiger partial charge in [0, 0.05) is 38.4 Å². The van der Waals surface area contributed by atoms with Crippen LogP contribution in [0.1, 0.15) is 44.2 Å². The van der Waals surface area contributed by atoms with Gasteiger partial charge in [-0.1, -0.05) is 0 Å². The first kappa shape index (κ1) is 19.9. The smallest absolute Gasteiger partial charge is 0.317 e. The van der Waals surface area contributed by atoms with Crippen molar-refractivity contribution in [3.63, 3.8) is 0 Å². The topological polar surface area (TPSA) is 91.8 Å². The highest BCUT2D eigenvalue weighted by Crippen LogP contribution is 2.25. The molecular formula is C18H28N4O4S. The molecule has 2 amide bonds. The molecule has 0 bridgehead atoms. The maximum Gasteiger partial charge on any atom is 0.317 e. The number of nitrogens with zero attached hydrogens (tertiary/aromatic N) is 3. The molecule has 3 rings (SSSR count). The van der Waals surface area contributed by atoms with Gasteiger partial charge in [0.15, 0.2) is 0 Å². The molecule has 0 radical (unpaired) electrons. The van der Waals surface area contributed by atoms with Crippen LogP contribution >= 0.6 is 0 Å². The quantitative estimate of drug-likeness (QED) is 0.819. The molecule has 8 nitrogen and oxygen atoms in total. The number of likely N-dealkylation sites (tertiary alicyclic amines) is 1. The number of hydrogen-bond acceptors (Lipinski definition) is 5. The summed E-state index contributed by atoms with van der Waals surface area (Å²) >= 11 is 0. The first-order valence-electron chi connectivity index (χ1n) is 9.46. The summed E-state index contributed by atoms with van der Waals surface area (Å²) in [6.07, 6.45) is 4.51. The summed E-state index contributed by atoms with van der Waals surface area (Å²) < 4.78 is 32.1. The SMILES string of the molecule is COc1cc(C(C)NC(=O)N2CCC(S(=O)(=O)N3CCCC3)CC2)ccn1. The van der Waals surface area contributed by atoms with Crippen LogP contribution in [0.15, 0.2) is 18.3 Å². The van der Waals surface area contributed by atoms with E-state index in [1.807, 2.05) is 13.0 Å². The number of aromatic nitrogens is 1. The Labute approximate surface area is 160 Å². The molecule has 0 aromatic carbocycles. The van der Waals surface area contributed by atoms with Gasteiger partial charge in [0.1, 0.15) is 0 Å². The number of hydrogen-bond donors (Lipinski definition) is 1. The Morgan fingerprint density at radius 3 is 2.56 bits per heavy atom. The van der Waals surface area contributed by atoms with E-state index < -0.39 is 10.0 Å². The normalized spacial score (nSPS) is 20.4. The highest BCUT2D eigenvalue weighted by molar-refractivity contribution is 7.89. The molecule has 2 fully saturated rings. The number of pyridine rings is 1. The third-order valence-corrected chi connectivity index (χ3v) is 7.78. The molecule has 2 saturated heterocycles. The summed E-state index contributed by atoms with van der Waals surface area (Å²) in [4.78, 5) is 18.3. The molecule has 150 valence electrons. The summed E-state index contributed by atoms with van der Waals surface area (Å²) in [6.45, 7) is 4.08. The molecule has 1 N–H and O–H groups in total. The average Bonchev–Trinajstić information content (AvgIpc) is 3.24. The standard InChI is InChI=1S/C18H28N4O4S/c1-14(15-5-8-19-17(13-15)26-2)20-18(23)21-11-6-16(7-12-21)27(24,25)22-9-3-4-10-22/h5,8,13-14,16H,3-4,6-7,9-12H2,1-2H3,(H,20,23). The van der Waals surface area contributed by atoms with Gasteiger partial charge in [-0.25, -0.2) is 22.5 Å². The summed E-state index contributed by atoms with van der Waals surface area (Å²) in [5.74, 6) is 0.501. The zero-order chi connectivity index (χ0) is 19.4. The monoisotopic (exact) mass is 396 g/mol.